The molecule has 1 heterocycles. The molecule has 2 aromatic rings. The average Bonchev–Trinajstić information content (AvgIpc) is 2.92. The molecule has 3 rings (SSSR count). The highest BCUT2D eigenvalue weighted by molar-refractivity contribution is 5.93. The molecule has 0 aliphatic heterocycles. The van der Waals surface area contributed by atoms with E-state index >= 15 is 0 Å². The van der Waals surface area contributed by atoms with Crippen molar-refractivity contribution in [1.29, 1.82) is 0 Å². The molecule has 1 aliphatic carbocycles. The van der Waals surface area contributed by atoms with E-state index in [1.807, 2.05) is 30.3 Å². The van der Waals surface area contributed by atoms with Crippen LogP contribution in [0.2, 0.25) is 0 Å². The second kappa shape index (κ2) is 5.40. The van der Waals surface area contributed by atoms with Gasteiger partial charge in [0, 0.05) is 17.7 Å². The Morgan fingerprint density at radius 1 is 1.24 bits per heavy atom. The van der Waals surface area contributed by atoms with Crippen molar-refractivity contribution >= 4 is 11.9 Å². The van der Waals surface area contributed by atoms with Crippen LogP contribution in [0, 0.1) is 5.92 Å². The number of amides is 1. The van der Waals surface area contributed by atoms with Crippen molar-refractivity contribution in [3.8, 4) is 11.3 Å². The number of nitrogens with one attached hydrogen (secondary N) is 1. The van der Waals surface area contributed by atoms with Crippen LogP contribution in [0.3, 0.4) is 0 Å². The molecular weight excluding hydrogens is 272 g/mol. The first-order valence-corrected chi connectivity index (χ1v) is 6.69. The van der Waals surface area contributed by atoms with E-state index in [-0.39, 0.29) is 23.6 Å². The molecule has 6 nitrogen and oxygen atoms in total. The number of hydrogen-bond acceptors (Lipinski definition) is 4. The summed E-state index contributed by atoms with van der Waals surface area (Å²) in [6, 6.07) is 10.9. The Morgan fingerprint density at radius 3 is 2.62 bits per heavy atom. The summed E-state index contributed by atoms with van der Waals surface area (Å²) in [7, 11) is 0. The summed E-state index contributed by atoms with van der Waals surface area (Å²) >= 11 is 0. The fourth-order valence-electron chi connectivity index (χ4n) is 2.32. The third kappa shape index (κ3) is 2.79. The Kier molecular flexibility index (Phi) is 3.43. The maximum Gasteiger partial charge on any atom is 0.306 e. The zero-order valence-corrected chi connectivity index (χ0v) is 11.2. The van der Waals surface area contributed by atoms with Crippen LogP contribution in [0.1, 0.15) is 23.3 Å². The van der Waals surface area contributed by atoms with Crippen molar-refractivity contribution in [3.05, 3.63) is 42.1 Å². The van der Waals surface area contributed by atoms with Crippen LogP contribution in [0.4, 0.5) is 0 Å². The fourth-order valence-corrected chi connectivity index (χ4v) is 2.32. The summed E-state index contributed by atoms with van der Waals surface area (Å²) in [5.74, 6) is -0.978. The normalized spacial score (nSPS) is 20.6. The molecule has 6 heteroatoms. The van der Waals surface area contributed by atoms with Crippen molar-refractivity contribution in [2.45, 2.75) is 18.9 Å². The Balaban J connectivity index is 1.62. The Hall–Kier alpha value is -2.63. The number of carboxylic acids is 1. The first kappa shape index (κ1) is 13.4. The van der Waals surface area contributed by atoms with Gasteiger partial charge in [0.25, 0.3) is 5.91 Å². The molecule has 0 radical (unpaired) electrons. The quantitative estimate of drug-likeness (QED) is 0.896. The van der Waals surface area contributed by atoms with Gasteiger partial charge in [-0.2, -0.15) is 0 Å². The second-order valence-electron chi connectivity index (χ2n) is 5.12. The van der Waals surface area contributed by atoms with Crippen LogP contribution in [-0.4, -0.2) is 28.2 Å². The number of nitrogens with zero attached hydrogens (tertiary/aromatic N) is 1. The molecule has 1 aromatic carbocycles. The molecule has 1 amide bonds. The van der Waals surface area contributed by atoms with Crippen LogP contribution in [-0.2, 0) is 4.79 Å². The third-order valence-electron chi connectivity index (χ3n) is 3.62. The number of carbonyl (C=O) groups is 2. The molecule has 0 bridgehead atoms. The highest BCUT2D eigenvalue weighted by Gasteiger charge is 2.35. The smallest absolute Gasteiger partial charge is 0.306 e. The first-order chi connectivity index (χ1) is 10.1. The SMILES string of the molecule is O=C(N[C@H]1C[C@@H](C(=O)O)C1)c1cc(-c2ccccc2)on1. The molecule has 0 atom stereocenters. The van der Waals surface area contributed by atoms with Gasteiger partial charge in [-0.1, -0.05) is 35.5 Å². The topological polar surface area (TPSA) is 92.4 Å². The van der Waals surface area contributed by atoms with E-state index in [1.54, 1.807) is 6.07 Å². The number of aliphatic carboxylic acids is 1. The fraction of sp³-hybridized carbons (Fsp3) is 0.267. The lowest BCUT2D eigenvalue weighted by Gasteiger charge is -2.32. The molecule has 1 aromatic heterocycles. The molecule has 1 fully saturated rings. The van der Waals surface area contributed by atoms with Gasteiger partial charge in [0.05, 0.1) is 5.92 Å². The molecule has 2 N–H and O–H groups in total. The highest BCUT2D eigenvalue weighted by Crippen LogP contribution is 2.28. The van der Waals surface area contributed by atoms with E-state index in [0.717, 1.165) is 5.56 Å². The van der Waals surface area contributed by atoms with Gasteiger partial charge in [-0.3, -0.25) is 9.59 Å². The Bertz CT molecular complexity index is 659. The zero-order chi connectivity index (χ0) is 14.8. The zero-order valence-electron chi connectivity index (χ0n) is 11.2. The molecule has 0 saturated heterocycles. The van der Waals surface area contributed by atoms with Gasteiger partial charge < -0.3 is 14.9 Å². The minimum absolute atomic E-state index is 0.101. The summed E-state index contributed by atoms with van der Waals surface area (Å²) in [5, 5.41) is 15.3. The molecule has 21 heavy (non-hydrogen) atoms. The summed E-state index contributed by atoms with van der Waals surface area (Å²) in [5.41, 5.74) is 1.05. The van der Waals surface area contributed by atoms with Gasteiger partial charge in [-0.15, -0.1) is 0 Å². The number of aromatic nitrogens is 1. The van der Waals surface area contributed by atoms with Gasteiger partial charge in [-0.05, 0) is 12.8 Å². The summed E-state index contributed by atoms with van der Waals surface area (Å²) in [6.45, 7) is 0. The van der Waals surface area contributed by atoms with E-state index in [1.165, 1.54) is 0 Å². The predicted molar refractivity (Wildman–Crippen MR) is 73.6 cm³/mol. The van der Waals surface area contributed by atoms with E-state index in [4.69, 9.17) is 9.63 Å². The van der Waals surface area contributed by atoms with E-state index in [9.17, 15) is 9.59 Å². The number of hydrogen-bond donors (Lipinski definition) is 2. The molecule has 1 aliphatic rings. The first-order valence-electron chi connectivity index (χ1n) is 6.69. The number of carboxylic acid groups (broad SMARTS) is 1. The number of carbonyl (C=O) groups excluding carboxylic acids is 1. The van der Waals surface area contributed by atoms with Crippen LogP contribution in [0.5, 0.6) is 0 Å². The highest BCUT2D eigenvalue weighted by atomic mass is 16.5. The maximum absolute atomic E-state index is 12.0. The van der Waals surface area contributed by atoms with Crippen molar-refractivity contribution < 1.29 is 19.2 Å². The van der Waals surface area contributed by atoms with Gasteiger partial charge in [0.15, 0.2) is 11.5 Å². The van der Waals surface area contributed by atoms with Gasteiger partial charge in [0.2, 0.25) is 0 Å². The van der Waals surface area contributed by atoms with Crippen molar-refractivity contribution in [2.24, 2.45) is 5.92 Å². The monoisotopic (exact) mass is 286 g/mol. The van der Waals surface area contributed by atoms with Crippen LogP contribution in [0.15, 0.2) is 40.9 Å². The molecule has 1 saturated carbocycles. The van der Waals surface area contributed by atoms with E-state index in [0.29, 0.717) is 18.6 Å². The van der Waals surface area contributed by atoms with Crippen LogP contribution in [0.25, 0.3) is 11.3 Å². The van der Waals surface area contributed by atoms with E-state index in [2.05, 4.69) is 10.5 Å². The standard InChI is InChI=1S/C15H14N2O4/c18-14(16-11-6-10(7-11)15(19)20)12-8-13(21-17-12)9-4-2-1-3-5-9/h1-5,8,10-11H,6-7H2,(H,16,18)(H,19,20)/t10-,11+. The number of benzene rings is 1. The lowest BCUT2D eigenvalue weighted by atomic mass is 9.80. The summed E-state index contributed by atoms with van der Waals surface area (Å²) in [4.78, 5) is 22.7. The average molecular weight is 286 g/mol. The van der Waals surface area contributed by atoms with Crippen molar-refractivity contribution in [2.75, 3.05) is 0 Å². The second-order valence-corrected chi connectivity index (χ2v) is 5.12. The van der Waals surface area contributed by atoms with Crippen LogP contribution >= 0.6 is 0 Å². The third-order valence-corrected chi connectivity index (χ3v) is 3.62. The van der Waals surface area contributed by atoms with Gasteiger partial charge >= 0.3 is 5.97 Å². The summed E-state index contributed by atoms with van der Waals surface area (Å²) in [6.07, 6.45) is 0.926. The Morgan fingerprint density at radius 2 is 1.95 bits per heavy atom. The maximum atomic E-state index is 12.0. The minimum atomic E-state index is -0.812. The lowest BCUT2D eigenvalue weighted by Crippen LogP contribution is -2.46. The largest absolute Gasteiger partial charge is 0.481 e. The molecule has 108 valence electrons. The van der Waals surface area contributed by atoms with Gasteiger partial charge in [-0.25, -0.2) is 0 Å². The molecule has 0 spiro atoms. The summed E-state index contributed by atoms with van der Waals surface area (Å²) < 4.78 is 5.16. The molecular formula is C15H14N2O4. The Labute approximate surface area is 120 Å². The molecule has 0 unspecified atom stereocenters. The van der Waals surface area contributed by atoms with E-state index < -0.39 is 5.97 Å². The van der Waals surface area contributed by atoms with Crippen molar-refractivity contribution in [1.82, 2.24) is 10.5 Å². The number of rotatable bonds is 4. The van der Waals surface area contributed by atoms with Crippen LogP contribution < -0.4 is 5.32 Å². The van der Waals surface area contributed by atoms with Gasteiger partial charge in [0.1, 0.15) is 0 Å². The van der Waals surface area contributed by atoms with Crippen molar-refractivity contribution in [3.63, 3.8) is 0 Å². The lowest BCUT2D eigenvalue weighted by molar-refractivity contribution is -0.145. The minimum Gasteiger partial charge on any atom is -0.481 e. The predicted octanol–water partition coefficient (Wildman–Crippen LogP) is 1.93.